The van der Waals surface area contributed by atoms with Crippen LogP contribution in [0, 0.1) is 0 Å². The van der Waals surface area contributed by atoms with Crippen LogP contribution in [-0.2, 0) is 5.75 Å². The summed E-state index contributed by atoms with van der Waals surface area (Å²) >= 11 is 5.78. The van der Waals surface area contributed by atoms with E-state index in [9.17, 15) is 0 Å². The molecule has 0 radical (unpaired) electrons. The van der Waals surface area contributed by atoms with E-state index < -0.39 is 0 Å². The molecule has 0 amide bonds. The molecule has 3 heteroatoms. The van der Waals surface area contributed by atoms with Crippen LogP contribution in [0.15, 0.2) is 23.2 Å². The summed E-state index contributed by atoms with van der Waals surface area (Å²) in [6, 6.07) is 5.98. The molecule has 0 saturated carbocycles. The van der Waals surface area contributed by atoms with E-state index in [1.807, 2.05) is 24.5 Å². The molecule has 0 saturated heterocycles. The summed E-state index contributed by atoms with van der Waals surface area (Å²) in [4.78, 5) is 4.30. The van der Waals surface area contributed by atoms with Crippen molar-refractivity contribution in [1.82, 2.24) is 4.98 Å². The van der Waals surface area contributed by atoms with Gasteiger partial charge in [0.25, 0.3) is 0 Å². The Kier molecular flexibility index (Phi) is 3.09. The summed E-state index contributed by atoms with van der Waals surface area (Å²) in [7, 11) is 0. The van der Waals surface area contributed by atoms with E-state index in [1.54, 1.807) is 11.8 Å². The van der Waals surface area contributed by atoms with Crippen LogP contribution >= 0.6 is 24.4 Å². The molecule has 0 unspecified atom stereocenters. The molecule has 0 aromatic carbocycles. The third-order valence-electron chi connectivity index (χ3n) is 1.15. The van der Waals surface area contributed by atoms with Gasteiger partial charge in [0.2, 0.25) is 0 Å². The summed E-state index contributed by atoms with van der Waals surface area (Å²) in [5, 5.41) is 1.06. The van der Waals surface area contributed by atoms with Crippen molar-refractivity contribution in [3.63, 3.8) is 0 Å². The zero-order chi connectivity index (χ0) is 7.40. The van der Waals surface area contributed by atoms with Gasteiger partial charge >= 0.3 is 0 Å². The lowest BCUT2D eigenvalue weighted by Crippen LogP contribution is -1.85. The normalized spacial score (nSPS) is 9.80. The Morgan fingerprint density at radius 2 is 2.40 bits per heavy atom. The van der Waals surface area contributed by atoms with Crippen molar-refractivity contribution >= 4 is 24.4 Å². The number of nitrogens with zero attached hydrogens (tertiary/aromatic N) is 1. The average molecular weight is 171 g/mol. The minimum atomic E-state index is 0.717. The van der Waals surface area contributed by atoms with Gasteiger partial charge in [-0.25, -0.2) is 4.98 Å². The first-order chi connectivity index (χ1) is 4.86. The molecule has 0 aliphatic carbocycles. The highest BCUT2D eigenvalue weighted by atomic mass is 32.2. The minimum absolute atomic E-state index is 0.717. The van der Waals surface area contributed by atoms with Gasteiger partial charge in [0.15, 0.2) is 0 Å². The van der Waals surface area contributed by atoms with Crippen LogP contribution in [0.5, 0.6) is 0 Å². The molecule has 0 aliphatic heterocycles. The minimum Gasteiger partial charge on any atom is -0.246 e. The molecular formula is C7H9NS2. The van der Waals surface area contributed by atoms with Crippen molar-refractivity contribution in [2.45, 2.75) is 10.8 Å². The summed E-state index contributed by atoms with van der Waals surface area (Å²) in [5.74, 6) is 0.717. The molecule has 0 bridgehead atoms. The second kappa shape index (κ2) is 3.88. The fourth-order valence-corrected chi connectivity index (χ4v) is 1.26. The lowest BCUT2D eigenvalue weighted by atomic mass is 10.4. The molecule has 0 aliphatic rings. The first kappa shape index (κ1) is 7.95. The Morgan fingerprint density at radius 3 is 3.00 bits per heavy atom. The molecule has 0 atom stereocenters. The number of rotatable bonds is 2. The number of hydrogen-bond donors (Lipinski definition) is 1. The second-order valence-corrected chi connectivity index (χ2v) is 2.97. The van der Waals surface area contributed by atoms with Crippen LogP contribution in [0.3, 0.4) is 0 Å². The maximum Gasteiger partial charge on any atom is 0.0960 e. The van der Waals surface area contributed by atoms with E-state index in [-0.39, 0.29) is 0 Å². The van der Waals surface area contributed by atoms with E-state index >= 15 is 0 Å². The average Bonchev–Trinajstić information content (AvgIpc) is 2.05. The summed E-state index contributed by atoms with van der Waals surface area (Å²) in [6.45, 7) is 0. The predicted octanol–water partition coefficient (Wildman–Crippen LogP) is 2.23. The van der Waals surface area contributed by atoms with Crippen LogP contribution in [0.4, 0.5) is 0 Å². The third-order valence-corrected chi connectivity index (χ3v) is 2.12. The highest BCUT2D eigenvalue weighted by Gasteiger charge is 1.92. The van der Waals surface area contributed by atoms with Gasteiger partial charge in [0.05, 0.1) is 10.7 Å². The van der Waals surface area contributed by atoms with Gasteiger partial charge in [0.1, 0.15) is 0 Å². The largest absolute Gasteiger partial charge is 0.246 e. The van der Waals surface area contributed by atoms with Gasteiger partial charge in [-0.3, -0.25) is 0 Å². The maximum atomic E-state index is 4.30. The highest BCUT2D eigenvalue weighted by Crippen LogP contribution is 2.11. The Balaban J connectivity index is 2.87. The number of pyridine rings is 1. The molecule has 0 spiro atoms. The number of aromatic nitrogens is 1. The number of thioether (sulfide) groups is 1. The van der Waals surface area contributed by atoms with E-state index in [4.69, 9.17) is 0 Å². The van der Waals surface area contributed by atoms with Crippen molar-refractivity contribution in [3.05, 3.63) is 23.9 Å². The smallest absolute Gasteiger partial charge is 0.0960 e. The standard InChI is InChI=1S/C7H9NS2/c1-10-7-4-2-3-6(5-9)8-7/h2-4,9H,5H2,1H3. The SMILES string of the molecule is CSc1cccc(CS)n1. The molecule has 1 aromatic rings. The molecule has 1 aromatic heterocycles. The maximum absolute atomic E-state index is 4.30. The van der Waals surface area contributed by atoms with Crippen molar-refractivity contribution in [2.75, 3.05) is 6.26 Å². The number of thiol groups is 1. The second-order valence-electron chi connectivity index (χ2n) is 1.83. The molecule has 54 valence electrons. The van der Waals surface area contributed by atoms with Gasteiger partial charge in [-0.2, -0.15) is 12.6 Å². The fourth-order valence-electron chi connectivity index (χ4n) is 0.659. The van der Waals surface area contributed by atoms with Gasteiger partial charge in [-0.05, 0) is 18.4 Å². The predicted molar refractivity (Wildman–Crippen MR) is 48.7 cm³/mol. The van der Waals surface area contributed by atoms with E-state index in [0.29, 0.717) is 5.75 Å². The quantitative estimate of drug-likeness (QED) is 0.541. The first-order valence-corrected chi connectivity index (χ1v) is 4.83. The Bertz CT molecular complexity index is 193. The topological polar surface area (TPSA) is 12.9 Å². The van der Waals surface area contributed by atoms with E-state index in [1.165, 1.54) is 0 Å². The van der Waals surface area contributed by atoms with Crippen LogP contribution in [0.2, 0.25) is 0 Å². The molecule has 1 heterocycles. The summed E-state index contributed by atoms with van der Waals surface area (Å²) in [6.07, 6.45) is 2.02. The highest BCUT2D eigenvalue weighted by molar-refractivity contribution is 7.98. The van der Waals surface area contributed by atoms with E-state index in [2.05, 4.69) is 17.6 Å². The molecule has 1 rings (SSSR count). The van der Waals surface area contributed by atoms with Gasteiger partial charge < -0.3 is 0 Å². The van der Waals surface area contributed by atoms with Crippen LogP contribution in [0.1, 0.15) is 5.69 Å². The summed E-state index contributed by atoms with van der Waals surface area (Å²) in [5.41, 5.74) is 1.04. The Labute approximate surface area is 70.7 Å². The van der Waals surface area contributed by atoms with Gasteiger partial charge in [0, 0.05) is 5.75 Å². The molecule has 0 N–H and O–H groups in total. The molecule has 10 heavy (non-hydrogen) atoms. The van der Waals surface area contributed by atoms with Crippen LogP contribution in [-0.4, -0.2) is 11.2 Å². The van der Waals surface area contributed by atoms with E-state index in [0.717, 1.165) is 10.7 Å². The van der Waals surface area contributed by atoms with Gasteiger partial charge in [-0.1, -0.05) is 6.07 Å². The Morgan fingerprint density at radius 1 is 1.60 bits per heavy atom. The van der Waals surface area contributed by atoms with Crippen LogP contribution < -0.4 is 0 Å². The van der Waals surface area contributed by atoms with Gasteiger partial charge in [-0.15, -0.1) is 11.8 Å². The van der Waals surface area contributed by atoms with Crippen molar-refractivity contribution in [1.29, 1.82) is 0 Å². The monoisotopic (exact) mass is 171 g/mol. The molecular weight excluding hydrogens is 162 g/mol. The fraction of sp³-hybridized carbons (Fsp3) is 0.286. The van der Waals surface area contributed by atoms with Crippen molar-refractivity contribution < 1.29 is 0 Å². The Hall–Kier alpha value is -0.150. The first-order valence-electron chi connectivity index (χ1n) is 2.97. The lowest BCUT2D eigenvalue weighted by Gasteiger charge is -1.96. The number of hydrogen-bond acceptors (Lipinski definition) is 3. The van der Waals surface area contributed by atoms with Crippen molar-refractivity contribution in [2.24, 2.45) is 0 Å². The zero-order valence-electron chi connectivity index (χ0n) is 5.74. The van der Waals surface area contributed by atoms with Crippen molar-refractivity contribution in [3.8, 4) is 0 Å². The zero-order valence-corrected chi connectivity index (χ0v) is 7.45. The van der Waals surface area contributed by atoms with Crippen LogP contribution in [0.25, 0.3) is 0 Å². The molecule has 0 fully saturated rings. The molecule has 1 nitrogen and oxygen atoms in total. The lowest BCUT2D eigenvalue weighted by molar-refractivity contribution is 1.06. The summed E-state index contributed by atoms with van der Waals surface area (Å²) < 4.78 is 0. The third kappa shape index (κ3) is 1.92.